The monoisotopic (exact) mass is 1130 g/mol. The van der Waals surface area contributed by atoms with Gasteiger partial charge in [0.15, 0.2) is 12.4 Å². The van der Waals surface area contributed by atoms with Crippen LogP contribution in [0.4, 0.5) is 0 Å². The lowest BCUT2D eigenvalue weighted by atomic mass is 9.99. The molecule has 1 aliphatic heterocycles. The Labute approximate surface area is 494 Å². The van der Waals surface area contributed by atoms with Crippen molar-refractivity contribution in [1.82, 2.24) is 5.32 Å². The molecule has 0 aromatic rings. The molecule has 1 aliphatic rings. The number of carbonyl (C=O) groups excluding carboxylic acids is 2. The van der Waals surface area contributed by atoms with Gasteiger partial charge in [-0.05, 0) is 103 Å². The number of ether oxygens (including phenoxy) is 3. The molecule has 1 rings (SSSR count). The second-order valence-corrected chi connectivity index (χ2v) is 22.1. The Bertz CT molecular complexity index is 1730. The summed E-state index contributed by atoms with van der Waals surface area (Å²) in [6.07, 6.45) is 67.0. The highest BCUT2D eigenvalue weighted by Crippen LogP contribution is 2.26. The lowest BCUT2D eigenvalue weighted by Crippen LogP contribution is -2.61. The minimum atomic E-state index is -1.64. The molecule has 0 radical (unpaired) electrons. The van der Waals surface area contributed by atoms with Crippen LogP contribution < -0.4 is 5.32 Å². The average Bonchev–Trinajstić information content (AvgIpc) is 3.46. The molecule has 6 N–H and O–H groups in total. The van der Waals surface area contributed by atoms with E-state index in [2.05, 4.69) is 111 Å². The molecule has 0 saturated carbocycles. The van der Waals surface area contributed by atoms with E-state index >= 15 is 0 Å². The van der Waals surface area contributed by atoms with Crippen molar-refractivity contribution in [3.63, 3.8) is 0 Å². The van der Waals surface area contributed by atoms with Crippen molar-refractivity contribution in [3.8, 4) is 0 Å². The van der Waals surface area contributed by atoms with Crippen molar-refractivity contribution in [2.75, 3.05) is 13.2 Å². The summed E-state index contributed by atoms with van der Waals surface area (Å²) in [6, 6.07) is -1.05. The predicted molar refractivity (Wildman–Crippen MR) is 338 cm³/mol. The molecule has 11 nitrogen and oxygen atoms in total. The van der Waals surface area contributed by atoms with E-state index in [0.29, 0.717) is 19.3 Å². The summed E-state index contributed by atoms with van der Waals surface area (Å²) in [5, 5.41) is 57.1. The number of hydrogen-bond acceptors (Lipinski definition) is 10. The van der Waals surface area contributed by atoms with Crippen LogP contribution in [0.2, 0.25) is 0 Å². The van der Waals surface area contributed by atoms with Crippen LogP contribution in [-0.4, -0.2) is 99.6 Å². The first kappa shape index (κ1) is 75.3. The van der Waals surface area contributed by atoms with Crippen molar-refractivity contribution < 1.29 is 49.3 Å². The van der Waals surface area contributed by atoms with Gasteiger partial charge in [0.1, 0.15) is 24.4 Å². The quantitative estimate of drug-likeness (QED) is 0.0195. The van der Waals surface area contributed by atoms with Crippen LogP contribution in [0.25, 0.3) is 0 Å². The lowest BCUT2D eigenvalue weighted by molar-refractivity contribution is -0.305. The number of aliphatic hydroxyl groups is 5. The minimum absolute atomic E-state index is 0.0398. The molecule has 0 aromatic carbocycles. The van der Waals surface area contributed by atoms with Gasteiger partial charge in [-0.2, -0.15) is 0 Å². The average molecular weight is 1130 g/mol. The zero-order valence-electron chi connectivity index (χ0n) is 51.4. The Balaban J connectivity index is 2.69. The highest BCUT2D eigenvalue weighted by atomic mass is 16.7. The van der Waals surface area contributed by atoms with E-state index in [4.69, 9.17) is 14.2 Å². The maximum atomic E-state index is 13.5. The van der Waals surface area contributed by atoms with E-state index in [9.17, 15) is 35.1 Å². The van der Waals surface area contributed by atoms with Crippen LogP contribution in [0, 0.1) is 0 Å². The Kier molecular flexibility index (Phi) is 52.8. The SMILES string of the molecule is CC/C=C\C/C=C\C/C=C\C/C=C\C/C=C\CCCC(=O)OC1C(OCC(NC(=O)C(O)CCCCCCCCCCC/C=C\C/C=C\C/C=C\CCCCC)C(O)/C=C/CCCCCCCCCCCCC)OC(CO)C(O)C1O. The van der Waals surface area contributed by atoms with Crippen LogP contribution in [0.1, 0.15) is 258 Å². The first-order valence-electron chi connectivity index (χ1n) is 32.7. The molecule has 0 bridgehead atoms. The highest BCUT2D eigenvalue weighted by Gasteiger charge is 2.47. The summed E-state index contributed by atoms with van der Waals surface area (Å²) >= 11 is 0. The standard InChI is InChI=1S/C70H119NO10/c1-4-7-10-13-16-19-22-25-27-29-30-31-32-33-35-36-39-42-45-48-51-54-57-63(74)69(78)71-61(62(73)56-53-50-47-44-41-38-24-21-18-15-12-9-6-3)60-79-70-68(67(77)66(76)64(59-72)80-70)81-65(75)58-55-52-49-46-43-40-37-34-28-26-23-20-17-14-11-8-5-2/h8,11,16-17,19-20,25-28,30-31,37,40,46,49,53,56,61-64,66-68,70,72-74,76-77H,4-7,9-10,12-15,18,21-24,29,32-36,38-39,41-45,47-48,50-52,54-55,57-60H2,1-3H3,(H,71,78)/b11-8-,19-16-,20-17-,27-25-,28-26-,31-30-,40-37-,49-46-,56-53+. The molecular weight excluding hydrogens is 1010 g/mol. The number of allylic oxidation sites excluding steroid dienone is 17. The van der Waals surface area contributed by atoms with E-state index in [1.807, 2.05) is 18.2 Å². The number of unbranched alkanes of at least 4 members (excludes halogenated alkanes) is 24. The smallest absolute Gasteiger partial charge is 0.306 e. The minimum Gasteiger partial charge on any atom is -0.454 e. The molecule has 0 aromatic heterocycles. The van der Waals surface area contributed by atoms with Gasteiger partial charge >= 0.3 is 5.97 Å². The van der Waals surface area contributed by atoms with E-state index in [1.165, 1.54) is 109 Å². The van der Waals surface area contributed by atoms with Gasteiger partial charge < -0.3 is 45.1 Å². The zero-order chi connectivity index (χ0) is 58.9. The lowest BCUT2D eigenvalue weighted by Gasteiger charge is -2.41. The van der Waals surface area contributed by atoms with Gasteiger partial charge in [0.2, 0.25) is 5.91 Å². The maximum absolute atomic E-state index is 13.5. The van der Waals surface area contributed by atoms with Gasteiger partial charge in [-0.3, -0.25) is 9.59 Å². The molecule has 0 aliphatic carbocycles. The molecule has 8 unspecified atom stereocenters. The summed E-state index contributed by atoms with van der Waals surface area (Å²) in [4.78, 5) is 26.6. The van der Waals surface area contributed by atoms with Crippen LogP contribution in [-0.2, 0) is 23.8 Å². The number of carbonyl (C=O) groups is 2. The van der Waals surface area contributed by atoms with Crippen LogP contribution in [0.15, 0.2) is 109 Å². The summed E-state index contributed by atoms with van der Waals surface area (Å²) in [5.41, 5.74) is 0. The fourth-order valence-corrected chi connectivity index (χ4v) is 9.52. The molecule has 11 heteroatoms. The first-order valence-corrected chi connectivity index (χ1v) is 32.7. The van der Waals surface area contributed by atoms with Crippen LogP contribution >= 0.6 is 0 Å². The van der Waals surface area contributed by atoms with Crippen LogP contribution in [0.5, 0.6) is 0 Å². The van der Waals surface area contributed by atoms with Crippen molar-refractivity contribution in [1.29, 1.82) is 0 Å². The number of rotatable bonds is 54. The highest BCUT2D eigenvalue weighted by molar-refractivity contribution is 5.80. The first-order chi connectivity index (χ1) is 39.7. The van der Waals surface area contributed by atoms with Gasteiger partial charge in [0.05, 0.1) is 25.4 Å². The van der Waals surface area contributed by atoms with E-state index < -0.39 is 67.4 Å². The fraction of sp³-hybridized carbons (Fsp3) is 0.714. The molecule has 8 atom stereocenters. The van der Waals surface area contributed by atoms with Crippen molar-refractivity contribution in [2.24, 2.45) is 0 Å². The summed E-state index contributed by atoms with van der Waals surface area (Å²) in [6.45, 7) is 5.62. The van der Waals surface area contributed by atoms with Gasteiger partial charge in [0.25, 0.3) is 0 Å². The van der Waals surface area contributed by atoms with Crippen molar-refractivity contribution in [3.05, 3.63) is 109 Å². The number of amides is 1. The summed E-state index contributed by atoms with van der Waals surface area (Å²) in [5.74, 6) is -1.26. The molecule has 0 spiro atoms. The predicted octanol–water partition coefficient (Wildman–Crippen LogP) is 16.1. The number of hydrogen-bond donors (Lipinski definition) is 6. The Morgan fingerprint density at radius 1 is 0.494 bits per heavy atom. The van der Waals surface area contributed by atoms with Gasteiger partial charge in [-0.15, -0.1) is 0 Å². The molecule has 1 saturated heterocycles. The third-order valence-corrected chi connectivity index (χ3v) is 14.7. The second kappa shape index (κ2) is 56.8. The summed E-state index contributed by atoms with van der Waals surface area (Å²) in [7, 11) is 0. The molecular formula is C70H119NO10. The third kappa shape index (κ3) is 44.5. The molecule has 81 heavy (non-hydrogen) atoms. The maximum Gasteiger partial charge on any atom is 0.306 e. The summed E-state index contributed by atoms with van der Waals surface area (Å²) < 4.78 is 17.6. The second-order valence-electron chi connectivity index (χ2n) is 22.1. The van der Waals surface area contributed by atoms with E-state index in [1.54, 1.807) is 6.08 Å². The Hall–Kier alpha value is -3.68. The molecule has 1 fully saturated rings. The normalized spacial score (nSPS) is 19.4. The van der Waals surface area contributed by atoms with E-state index in [0.717, 1.165) is 96.3 Å². The molecule has 1 heterocycles. The van der Waals surface area contributed by atoms with E-state index in [-0.39, 0.29) is 19.4 Å². The number of nitrogens with one attached hydrogen (secondary N) is 1. The molecule has 1 amide bonds. The number of esters is 1. The fourth-order valence-electron chi connectivity index (χ4n) is 9.52. The Morgan fingerprint density at radius 2 is 0.889 bits per heavy atom. The van der Waals surface area contributed by atoms with Crippen molar-refractivity contribution >= 4 is 11.9 Å². The zero-order valence-corrected chi connectivity index (χ0v) is 51.4. The Morgan fingerprint density at radius 3 is 1.36 bits per heavy atom. The van der Waals surface area contributed by atoms with Gasteiger partial charge in [-0.25, -0.2) is 0 Å². The third-order valence-electron chi connectivity index (χ3n) is 14.7. The van der Waals surface area contributed by atoms with Gasteiger partial charge in [0, 0.05) is 6.42 Å². The van der Waals surface area contributed by atoms with Crippen molar-refractivity contribution in [2.45, 2.75) is 307 Å². The number of aliphatic hydroxyl groups excluding tert-OH is 5. The largest absolute Gasteiger partial charge is 0.454 e. The van der Waals surface area contributed by atoms with Gasteiger partial charge in [-0.1, -0.05) is 259 Å². The topological polar surface area (TPSA) is 175 Å². The van der Waals surface area contributed by atoms with Crippen LogP contribution in [0.3, 0.4) is 0 Å². The molecule has 464 valence electrons.